The summed E-state index contributed by atoms with van der Waals surface area (Å²) in [6, 6.07) is 7.83. The van der Waals surface area contributed by atoms with Gasteiger partial charge in [0, 0.05) is 23.6 Å². The zero-order valence-electron chi connectivity index (χ0n) is 9.64. The van der Waals surface area contributed by atoms with Gasteiger partial charge in [-0.15, -0.1) is 0 Å². The number of aromatic nitrogens is 1. The van der Waals surface area contributed by atoms with Crippen molar-refractivity contribution in [2.75, 3.05) is 7.11 Å². The van der Waals surface area contributed by atoms with Crippen LogP contribution in [0.4, 0.5) is 0 Å². The van der Waals surface area contributed by atoms with Gasteiger partial charge < -0.3 is 15.0 Å². The third-order valence-electron chi connectivity index (χ3n) is 3.20. The van der Waals surface area contributed by atoms with Crippen LogP contribution in [0.15, 0.2) is 28.8 Å². The van der Waals surface area contributed by atoms with Gasteiger partial charge in [-0.2, -0.15) is 0 Å². The number of hydrogen-bond donors (Lipinski definition) is 1. The van der Waals surface area contributed by atoms with Crippen molar-refractivity contribution >= 4 is 0 Å². The molecule has 1 aromatic heterocycles. The van der Waals surface area contributed by atoms with Crippen molar-refractivity contribution < 1.29 is 9.26 Å². The first-order chi connectivity index (χ1) is 8.29. The molecule has 2 N–H and O–H groups in total. The zero-order chi connectivity index (χ0) is 11.8. The zero-order valence-corrected chi connectivity index (χ0v) is 9.64. The molecule has 0 amide bonds. The van der Waals surface area contributed by atoms with E-state index in [1.165, 1.54) is 0 Å². The van der Waals surface area contributed by atoms with Gasteiger partial charge in [-0.05, 0) is 18.6 Å². The van der Waals surface area contributed by atoms with Gasteiger partial charge in [0.05, 0.1) is 7.11 Å². The van der Waals surface area contributed by atoms with Crippen molar-refractivity contribution in [2.24, 2.45) is 5.73 Å². The second-order valence-corrected chi connectivity index (χ2v) is 4.25. The minimum absolute atomic E-state index is 0.0393. The van der Waals surface area contributed by atoms with Crippen LogP contribution in [0.25, 0.3) is 11.3 Å². The number of aryl methyl sites for hydroxylation is 1. The molecule has 4 heteroatoms. The van der Waals surface area contributed by atoms with E-state index in [1.54, 1.807) is 7.11 Å². The maximum atomic E-state index is 6.07. The quantitative estimate of drug-likeness (QED) is 0.859. The normalized spacial score (nSPS) is 18.1. The first kappa shape index (κ1) is 10.4. The van der Waals surface area contributed by atoms with E-state index >= 15 is 0 Å². The standard InChI is InChI=1S/C13H14N2O2/c1-16-9-4-2-3-8(7-9)13-12-10(14)5-6-11(12)17-15-13/h2-4,7,10H,5-6,14H2,1H3. The van der Waals surface area contributed by atoms with Crippen molar-refractivity contribution in [1.82, 2.24) is 5.16 Å². The number of hydrogen-bond acceptors (Lipinski definition) is 4. The lowest BCUT2D eigenvalue weighted by Gasteiger charge is -2.05. The third-order valence-corrected chi connectivity index (χ3v) is 3.20. The molecule has 0 saturated heterocycles. The highest BCUT2D eigenvalue weighted by Crippen LogP contribution is 2.37. The summed E-state index contributed by atoms with van der Waals surface area (Å²) in [5.74, 6) is 1.74. The largest absolute Gasteiger partial charge is 0.497 e. The summed E-state index contributed by atoms with van der Waals surface area (Å²) in [5, 5.41) is 4.12. The van der Waals surface area contributed by atoms with Crippen LogP contribution in [0.2, 0.25) is 0 Å². The van der Waals surface area contributed by atoms with Crippen molar-refractivity contribution in [3.05, 3.63) is 35.6 Å². The van der Waals surface area contributed by atoms with E-state index in [2.05, 4.69) is 5.16 Å². The van der Waals surface area contributed by atoms with Crippen molar-refractivity contribution in [3.63, 3.8) is 0 Å². The Morgan fingerprint density at radius 3 is 3.18 bits per heavy atom. The monoisotopic (exact) mass is 230 g/mol. The number of ether oxygens (including phenoxy) is 1. The van der Waals surface area contributed by atoms with E-state index in [0.29, 0.717) is 0 Å². The minimum atomic E-state index is 0.0393. The van der Waals surface area contributed by atoms with E-state index < -0.39 is 0 Å². The summed E-state index contributed by atoms with van der Waals surface area (Å²) in [6.07, 6.45) is 1.82. The highest BCUT2D eigenvalue weighted by atomic mass is 16.5. The first-order valence-electron chi connectivity index (χ1n) is 5.68. The first-order valence-corrected chi connectivity index (χ1v) is 5.68. The molecule has 1 heterocycles. The maximum Gasteiger partial charge on any atom is 0.142 e. The van der Waals surface area contributed by atoms with Gasteiger partial charge in [-0.25, -0.2) is 0 Å². The Balaban J connectivity index is 2.10. The molecule has 0 bridgehead atoms. The van der Waals surface area contributed by atoms with Gasteiger partial charge in [0.25, 0.3) is 0 Å². The minimum Gasteiger partial charge on any atom is -0.497 e. The van der Waals surface area contributed by atoms with Crippen LogP contribution in [-0.4, -0.2) is 12.3 Å². The highest BCUT2D eigenvalue weighted by Gasteiger charge is 2.28. The molecule has 4 nitrogen and oxygen atoms in total. The highest BCUT2D eigenvalue weighted by molar-refractivity contribution is 5.66. The molecule has 17 heavy (non-hydrogen) atoms. The van der Waals surface area contributed by atoms with Crippen molar-refractivity contribution in [2.45, 2.75) is 18.9 Å². The fourth-order valence-corrected chi connectivity index (χ4v) is 2.30. The van der Waals surface area contributed by atoms with E-state index in [-0.39, 0.29) is 6.04 Å². The molecule has 0 radical (unpaired) electrons. The average molecular weight is 230 g/mol. The lowest BCUT2D eigenvalue weighted by molar-refractivity contribution is 0.387. The Labute approximate surface area is 99.4 Å². The number of benzene rings is 1. The van der Waals surface area contributed by atoms with Gasteiger partial charge in [0.15, 0.2) is 0 Å². The second-order valence-electron chi connectivity index (χ2n) is 4.25. The van der Waals surface area contributed by atoms with Crippen molar-refractivity contribution in [3.8, 4) is 17.0 Å². The molecule has 3 rings (SSSR count). The lowest BCUT2D eigenvalue weighted by atomic mass is 10.0. The molecule has 88 valence electrons. The lowest BCUT2D eigenvalue weighted by Crippen LogP contribution is -2.06. The molecular weight excluding hydrogens is 216 g/mol. The Bertz CT molecular complexity index is 548. The second kappa shape index (κ2) is 3.89. The Morgan fingerprint density at radius 1 is 1.47 bits per heavy atom. The van der Waals surface area contributed by atoms with E-state index in [1.807, 2.05) is 24.3 Å². The van der Waals surface area contributed by atoms with Gasteiger partial charge in [0.2, 0.25) is 0 Å². The molecule has 0 spiro atoms. The Hall–Kier alpha value is -1.81. The summed E-state index contributed by atoms with van der Waals surface area (Å²) in [4.78, 5) is 0. The Kier molecular flexibility index (Phi) is 2.37. The summed E-state index contributed by atoms with van der Waals surface area (Å²) < 4.78 is 10.5. The predicted molar refractivity (Wildman–Crippen MR) is 63.7 cm³/mol. The molecule has 0 aliphatic heterocycles. The molecule has 1 atom stereocenters. The van der Waals surface area contributed by atoms with Gasteiger partial charge >= 0.3 is 0 Å². The van der Waals surface area contributed by atoms with Crippen LogP contribution in [0.3, 0.4) is 0 Å². The summed E-state index contributed by atoms with van der Waals surface area (Å²) in [6.45, 7) is 0. The molecule has 2 aromatic rings. The van der Waals surface area contributed by atoms with Gasteiger partial charge in [-0.3, -0.25) is 0 Å². The molecule has 1 aliphatic carbocycles. The number of nitrogens with zero attached hydrogens (tertiary/aromatic N) is 1. The molecule has 1 unspecified atom stereocenters. The summed E-state index contributed by atoms with van der Waals surface area (Å²) in [7, 11) is 1.65. The molecule has 1 aliphatic rings. The molecule has 0 fully saturated rings. The van der Waals surface area contributed by atoms with Crippen LogP contribution in [-0.2, 0) is 6.42 Å². The Morgan fingerprint density at radius 2 is 2.35 bits per heavy atom. The fourth-order valence-electron chi connectivity index (χ4n) is 2.30. The SMILES string of the molecule is COc1cccc(-c2noc3c2C(N)CC3)c1. The fraction of sp³-hybridized carbons (Fsp3) is 0.308. The van der Waals surface area contributed by atoms with Crippen LogP contribution < -0.4 is 10.5 Å². The summed E-state index contributed by atoms with van der Waals surface area (Å²) in [5.41, 5.74) is 8.97. The molecular formula is C13H14N2O2. The summed E-state index contributed by atoms with van der Waals surface area (Å²) >= 11 is 0. The third kappa shape index (κ3) is 1.61. The predicted octanol–water partition coefficient (Wildman–Crippen LogP) is 2.30. The average Bonchev–Trinajstić information content (AvgIpc) is 2.93. The van der Waals surface area contributed by atoms with E-state index in [9.17, 15) is 0 Å². The topological polar surface area (TPSA) is 61.3 Å². The van der Waals surface area contributed by atoms with Gasteiger partial charge in [0.1, 0.15) is 17.2 Å². The maximum absolute atomic E-state index is 6.07. The number of nitrogens with two attached hydrogens (primary N) is 1. The van der Waals surface area contributed by atoms with Crippen LogP contribution in [0.5, 0.6) is 5.75 Å². The van der Waals surface area contributed by atoms with E-state index in [0.717, 1.165) is 41.2 Å². The molecule has 1 aromatic carbocycles. The van der Waals surface area contributed by atoms with Crippen LogP contribution in [0, 0.1) is 0 Å². The number of fused-ring (bicyclic) bond motifs is 1. The smallest absolute Gasteiger partial charge is 0.142 e. The van der Waals surface area contributed by atoms with Crippen molar-refractivity contribution in [1.29, 1.82) is 0 Å². The van der Waals surface area contributed by atoms with Gasteiger partial charge in [-0.1, -0.05) is 17.3 Å². The van der Waals surface area contributed by atoms with E-state index in [4.69, 9.17) is 15.0 Å². The van der Waals surface area contributed by atoms with Crippen LogP contribution in [0.1, 0.15) is 23.8 Å². The number of rotatable bonds is 2. The molecule has 0 saturated carbocycles. The van der Waals surface area contributed by atoms with Crippen LogP contribution >= 0.6 is 0 Å². The number of methoxy groups -OCH3 is 1.